The van der Waals surface area contributed by atoms with Crippen LogP contribution >= 0.6 is 0 Å². The zero-order chi connectivity index (χ0) is 26.2. The molecule has 2 aliphatic heterocycles. The van der Waals surface area contributed by atoms with Crippen LogP contribution in [0.1, 0.15) is 23.6 Å². The molecule has 2 aliphatic rings. The van der Waals surface area contributed by atoms with Gasteiger partial charge in [-0.1, -0.05) is 91.0 Å². The van der Waals surface area contributed by atoms with Crippen molar-refractivity contribution in [2.24, 2.45) is 0 Å². The molecule has 5 rings (SSSR count). The van der Waals surface area contributed by atoms with Crippen LogP contribution in [0.3, 0.4) is 0 Å². The molecule has 0 spiro atoms. The zero-order valence-corrected chi connectivity index (χ0v) is 21.8. The zero-order valence-electron chi connectivity index (χ0n) is 21.8. The Morgan fingerprint density at radius 2 is 1.26 bits per heavy atom. The summed E-state index contributed by atoms with van der Waals surface area (Å²) in [7, 11) is 0. The maximum atomic E-state index is 11.4. The predicted molar refractivity (Wildman–Crippen MR) is 143 cm³/mol. The second-order valence-corrected chi connectivity index (χ2v) is 10.3. The number of aliphatic hydroxyl groups is 1. The van der Waals surface area contributed by atoms with Crippen molar-refractivity contribution in [3.05, 3.63) is 108 Å². The van der Waals surface area contributed by atoms with Gasteiger partial charge in [-0.3, -0.25) is 0 Å². The molecule has 2 N–H and O–H groups in total. The molecule has 38 heavy (non-hydrogen) atoms. The summed E-state index contributed by atoms with van der Waals surface area (Å²) in [5.74, 6) is 0. The van der Waals surface area contributed by atoms with Crippen molar-refractivity contribution in [2.75, 3.05) is 19.8 Å². The van der Waals surface area contributed by atoms with E-state index >= 15 is 0 Å². The molecule has 0 aliphatic carbocycles. The average molecular weight is 520 g/mol. The molecule has 2 fully saturated rings. The lowest BCUT2D eigenvalue weighted by Gasteiger charge is -2.44. The molecule has 6 atom stereocenters. The van der Waals surface area contributed by atoms with Crippen molar-refractivity contribution in [3.63, 3.8) is 0 Å². The fourth-order valence-corrected chi connectivity index (χ4v) is 4.48. The molecule has 0 radical (unpaired) electrons. The molecule has 0 amide bonds. The molecule has 0 aromatic heterocycles. The van der Waals surface area contributed by atoms with E-state index < -0.39 is 30.7 Å². The van der Waals surface area contributed by atoms with E-state index in [0.29, 0.717) is 26.4 Å². The quantitative estimate of drug-likeness (QED) is 0.332. The fraction of sp³-hybridized carbons (Fsp3) is 0.419. The maximum absolute atomic E-state index is 11.4. The highest BCUT2D eigenvalue weighted by molar-refractivity contribution is 5.15. The van der Waals surface area contributed by atoms with Crippen molar-refractivity contribution in [1.29, 1.82) is 0 Å². The van der Waals surface area contributed by atoms with E-state index in [-0.39, 0.29) is 12.1 Å². The lowest BCUT2D eigenvalue weighted by molar-refractivity contribution is -0.319. The maximum Gasteiger partial charge on any atom is 0.186 e. The second kappa shape index (κ2) is 13.0. The Morgan fingerprint density at radius 3 is 1.79 bits per heavy atom. The number of rotatable bonds is 13. The first-order valence-electron chi connectivity index (χ1n) is 13.2. The first kappa shape index (κ1) is 27.0. The van der Waals surface area contributed by atoms with Crippen LogP contribution in [0.4, 0.5) is 0 Å². The first-order valence-corrected chi connectivity index (χ1v) is 13.2. The van der Waals surface area contributed by atoms with Gasteiger partial charge >= 0.3 is 0 Å². The van der Waals surface area contributed by atoms with Gasteiger partial charge in [0.2, 0.25) is 0 Å². The van der Waals surface area contributed by atoms with E-state index in [9.17, 15) is 5.11 Å². The molecule has 2 saturated heterocycles. The SMILES string of the molecule is C[C@@]1(CO[C@@H]2O[C@H](COCc3ccccc3)[C@@H](OCc3ccccc3)[C@H](OCc3ccccc3)[C@H]2O)CN1. The van der Waals surface area contributed by atoms with Crippen molar-refractivity contribution >= 4 is 0 Å². The van der Waals surface area contributed by atoms with Gasteiger partial charge in [-0.15, -0.1) is 0 Å². The Kier molecular flexibility index (Phi) is 9.19. The Bertz CT molecular complexity index is 1100. The third-order valence-electron chi connectivity index (χ3n) is 6.93. The van der Waals surface area contributed by atoms with Crippen molar-refractivity contribution in [3.8, 4) is 0 Å². The van der Waals surface area contributed by atoms with Gasteiger partial charge in [-0.25, -0.2) is 0 Å². The van der Waals surface area contributed by atoms with Gasteiger partial charge in [0, 0.05) is 6.54 Å². The van der Waals surface area contributed by atoms with Gasteiger partial charge in [0.25, 0.3) is 0 Å². The first-order chi connectivity index (χ1) is 18.6. The van der Waals surface area contributed by atoms with Gasteiger partial charge in [-0.05, 0) is 23.6 Å². The van der Waals surface area contributed by atoms with E-state index in [1.165, 1.54) is 0 Å². The summed E-state index contributed by atoms with van der Waals surface area (Å²) in [5, 5.41) is 14.7. The summed E-state index contributed by atoms with van der Waals surface area (Å²) in [6, 6.07) is 29.9. The topological polar surface area (TPSA) is 88.3 Å². The molecule has 2 heterocycles. The summed E-state index contributed by atoms with van der Waals surface area (Å²) in [5.41, 5.74) is 3.02. The molecule has 7 heteroatoms. The summed E-state index contributed by atoms with van der Waals surface area (Å²) >= 11 is 0. The molecular weight excluding hydrogens is 482 g/mol. The standard InChI is InChI=1S/C31H37NO6/c1-31(21-32-31)22-37-30-27(33)29(36-19-25-15-9-4-10-16-25)28(35-18-24-13-7-3-8-14-24)26(38-30)20-34-17-23-11-5-2-6-12-23/h2-16,26-30,32-33H,17-22H2,1H3/t26-,27-,28-,29-,30-,31+/m1/s1. The smallest absolute Gasteiger partial charge is 0.186 e. The average Bonchev–Trinajstić information content (AvgIpc) is 3.70. The molecule has 0 unspecified atom stereocenters. The third-order valence-corrected chi connectivity index (χ3v) is 6.93. The van der Waals surface area contributed by atoms with E-state index in [2.05, 4.69) is 12.2 Å². The summed E-state index contributed by atoms with van der Waals surface area (Å²) in [6.45, 7) is 4.77. The van der Waals surface area contributed by atoms with E-state index in [1.54, 1.807) is 0 Å². The second-order valence-electron chi connectivity index (χ2n) is 10.3. The number of ether oxygens (including phenoxy) is 5. The van der Waals surface area contributed by atoms with Crippen LogP contribution in [0.2, 0.25) is 0 Å². The molecule has 0 saturated carbocycles. The van der Waals surface area contributed by atoms with Crippen molar-refractivity contribution < 1.29 is 28.8 Å². The van der Waals surface area contributed by atoms with Crippen LogP contribution in [0, 0.1) is 0 Å². The molecule has 7 nitrogen and oxygen atoms in total. The summed E-state index contributed by atoms with van der Waals surface area (Å²) in [4.78, 5) is 0. The Morgan fingerprint density at radius 1 is 0.763 bits per heavy atom. The predicted octanol–water partition coefficient (Wildman–Crippen LogP) is 3.84. The van der Waals surface area contributed by atoms with Gasteiger partial charge in [0.05, 0.1) is 38.6 Å². The van der Waals surface area contributed by atoms with Gasteiger partial charge < -0.3 is 34.1 Å². The van der Waals surface area contributed by atoms with Gasteiger partial charge in [-0.2, -0.15) is 0 Å². The monoisotopic (exact) mass is 519 g/mol. The van der Waals surface area contributed by atoms with E-state index in [4.69, 9.17) is 23.7 Å². The van der Waals surface area contributed by atoms with E-state index in [1.807, 2.05) is 91.0 Å². The van der Waals surface area contributed by atoms with Crippen LogP contribution in [0.5, 0.6) is 0 Å². The minimum atomic E-state index is -1.03. The van der Waals surface area contributed by atoms with Crippen LogP contribution in [0.15, 0.2) is 91.0 Å². The summed E-state index contributed by atoms with van der Waals surface area (Å²) < 4.78 is 31.2. The lowest BCUT2D eigenvalue weighted by atomic mass is 9.98. The minimum Gasteiger partial charge on any atom is -0.385 e. The third kappa shape index (κ3) is 7.48. The Balaban J connectivity index is 1.33. The molecule has 3 aromatic carbocycles. The normalized spacial score (nSPS) is 28.7. The highest BCUT2D eigenvalue weighted by Crippen LogP contribution is 2.30. The van der Waals surface area contributed by atoms with E-state index in [0.717, 1.165) is 23.2 Å². The number of hydrogen-bond acceptors (Lipinski definition) is 7. The highest BCUT2D eigenvalue weighted by Gasteiger charge is 2.49. The van der Waals surface area contributed by atoms with Crippen LogP contribution in [-0.4, -0.2) is 61.1 Å². The Hall–Kier alpha value is -2.62. The van der Waals surface area contributed by atoms with Crippen LogP contribution < -0.4 is 5.32 Å². The largest absolute Gasteiger partial charge is 0.385 e. The highest BCUT2D eigenvalue weighted by atomic mass is 16.7. The molecule has 0 bridgehead atoms. The van der Waals surface area contributed by atoms with Crippen molar-refractivity contribution in [1.82, 2.24) is 5.32 Å². The Labute approximate surface area is 224 Å². The van der Waals surface area contributed by atoms with Crippen molar-refractivity contribution in [2.45, 2.75) is 63.0 Å². The molecular formula is C31H37NO6. The van der Waals surface area contributed by atoms with Gasteiger partial charge in [0.15, 0.2) is 6.29 Å². The van der Waals surface area contributed by atoms with Crippen LogP contribution in [-0.2, 0) is 43.5 Å². The van der Waals surface area contributed by atoms with Gasteiger partial charge in [0.1, 0.15) is 24.4 Å². The van der Waals surface area contributed by atoms with Crippen LogP contribution in [0.25, 0.3) is 0 Å². The molecule has 202 valence electrons. The number of hydrogen-bond donors (Lipinski definition) is 2. The number of benzene rings is 3. The minimum absolute atomic E-state index is 0.0938. The molecule has 3 aromatic rings. The number of nitrogens with one attached hydrogen (secondary N) is 1. The summed E-state index contributed by atoms with van der Waals surface area (Å²) in [6.07, 6.45) is -3.65. The lowest BCUT2D eigenvalue weighted by Crippen LogP contribution is -2.61. The fourth-order valence-electron chi connectivity index (χ4n) is 4.48. The number of aliphatic hydroxyl groups excluding tert-OH is 1.